The molecule has 3 aromatic rings. The average Bonchev–Trinajstić information content (AvgIpc) is 3.03. The standard InChI is InChI=1S/C19H20N4OS/c1-13(24)20-15-5-4-6-16(11-15)21-19-22-18(12-25-19)14-7-9-17(10-8-14)23(2)3/h4-12H,1-3H3,(H,20,24)(H,21,22). The summed E-state index contributed by atoms with van der Waals surface area (Å²) in [7, 11) is 4.05. The Morgan fingerprint density at radius 3 is 2.48 bits per heavy atom. The third-order valence-electron chi connectivity index (χ3n) is 3.62. The number of hydrogen-bond donors (Lipinski definition) is 2. The lowest BCUT2D eigenvalue weighted by Gasteiger charge is -2.12. The number of nitrogens with zero attached hydrogens (tertiary/aromatic N) is 2. The minimum Gasteiger partial charge on any atom is -0.378 e. The van der Waals surface area contributed by atoms with E-state index in [0.29, 0.717) is 0 Å². The molecule has 0 fully saturated rings. The summed E-state index contributed by atoms with van der Waals surface area (Å²) >= 11 is 1.55. The van der Waals surface area contributed by atoms with Crippen molar-refractivity contribution in [3.05, 3.63) is 53.9 Å². The molecule has 0 spiro atoms. The van der Waals surface area contributed by atoms with E-state index in [2.05, 4.69) is 44.8 Å². The number of rotatable bonds is 5. The second-order valence-electron chi connectivity index (χ2n) is 5.87. The van der Waals surface area contributed by atoms with Gasteiger partial charge >= 0.3 is 0 Å². The number of carbonyl (C=O) groups is 1. The summed E-state index contributed by atoms with van der Waals surface area (Å²) in [6.45, 7) is 1.49. The monoisotopic (exact) mass is 352 g/mol. The van der Waals surface area contributed by atoms with Crippen molar-refractivity contribution in [3.63, 3.8) is 0 Å². The van der Waals surface area contributed by atoms with Crippen molar-refractivity contribution in [1.82, 2.24) is 4.98 Å². The highest BCUT2D eigenvalue weighted by Crippen LogP contribution is 2.29. The van der Waals surface area contributed by atoms with Crippen molar-refractivity contribution in [1.29, 1.82) is 0 Å². The zero-order chi connectivity index (χ0) is 17.8. The highest BCUT2D eigenvalue weighted by Gasteiger charge is 2.06. The molecule has 128 valence electrons. The molecule has 1 amide bonds. The first-order chi connectivity index (χ1) is 12.0. The van der Waals surface area contributed by atoms with Crippen molar-refractivity contribution >= 4 is 39.4 Å². The maximum absolute atomic E-state index is 11.2. The topological polar surface area (TPSA) is 57.3 Å². The van der Waals surface area contributed by atoms with Gasteiger partial charge in [-0.05, 0) is 30.3 Å². The maximum atomic E-state index is 11.2. The van der Waals surface area contributed by atoms with Gasteiger partial charge in [0.1, 0.15) is 0 Å². The van der Waals surface area contributed by atoms with Gasteiger partial charge in [0.05, 0.1) is 5.69 Å². The number of carbonyl (C=O) groups excluding carboxylic acids is 1. The minimum atomic E-state index is -0.0881. The van der Waals surface area contributed by atoms with E-state index in [4.69, 9.17) is 0 Å². The van der Waals surface area contributed by atoms with Gasteiger partial charge in [-0.2, -0.15) is 0 Å². The molecular weight excluding hydrogens is 332 g/mol. The molecule has 25 heavy (non-hydrogen) atoms. The van der Waals surface area contributed by atoms with Gasteiger partial charge in [-0.3, -0.25) is 4.79 Å². The first-order valence-corrected chi connectivity index (χ1v) is 8.77. The van der Waals surface area contributed by atoms with Crippen LogP contribution < -0.4 is 15.5 Å². The quantitative estimate of drug-likeness (QED) is 0.706. The zero-order valence-electron chi connectivity index (χ0n) is 14.4. The van der Waals surface area contributed by atoms with Crippen LogP contribution in [0.4, 0.5) is 22.2 Å². The summed E-state index contributed by atoms with van der Waals surface area (Å²) in [5.41, 5.74) is 4.83. The zero-order valence-corrected chi connectivity index (χ0v) is 15.2. The third kappa shape index (κ3) is 4.36. The largest absolute Gasteiger partial charge is 0.378 e. The Balaban J connectivity index is 1.74. The molecule has 0 aliphatic carbocycles. The first kappa shape index (κ1) is 17.0. The SMILES string of the molecule is CC(=O)Nc1cccc(Nc2nc(-c3ccc(N(C)C)cc3)cs2)c1. The van der Waals surface area contributed by atoms with Crippen LogP contribution in [-0.4, -0.2) is 25.0 Å². The first-order valence-electron chi connectivity index (χ1n) is 7.89. The fourth-order valence-corrected chi connectivity index (χ4v) is 3.14. The molecular formula is C19H20N4OS. The molecule has 2 N–H and O–H groups in total. The van der Waals surface area contributed by atoms with Gasteiger partial charge in [-0.25, -0.2) is 4.98 Å². The van der Waals surface area contributed by atoms with Crippen LogP contribution in [0, 0.1) is 0 Å². The van der Waals surface area contributed by atoms with Gasteiger partial charge in [0.25, 0.3) is 0 Å². The highest BCUT2D eigenvalue weighted by molar-refractivity contribution is 7.14. The molecule has 0 saturated carbocycles. The van der Waals surface area contributed by atoms with E-state index in [-0.39, 0.29) is 5.91 Å². The van der Waals surface area contributed by atoms with Gasteiger partial charge in [0, 0.05) is 49.0 Å². The number of amides is 1. The normalized spacial score (nSPS) is 10.4. The number of hydrogen-bond acceptors (Lipinski definition) is 5. The van der Waals surface area contributed by atoms with E-state index in [1.54, 1.807) is 11.3 Å². The number of benzene rings is 2. The molecule has 1 heterocycles. The molecule has 0 aliphatic heterocycles. The molecule has 5 nitrogen and oxygen atoms in total. The molecule has 1 aromatic heterocycles. The van der Waals surface area contributed by atoms with E-state index >= 15 is 0 Å². The number of thiazole rings is 1. The Hall–Kier alpha value is -2.86. The van der Waals surface area contributed by atoms with E-state index in [1.807, 2.05) is 43.7 Å². The Morgan fingerprint density at radius 1 is 1.08 bits per heavy atom. The predicted molar refractivity (Wildman–Crippen MR) is 106 cm³/mol. The lowest BCUT2D eigenvalue weighted by Crippen LogP contribution is -2.07. The Kier molecular flexibility index (Phi) is 5.00. The fraction of sp³-hybridized carbons (Fsp3) is 0.158. The van der Waals surface area contributed by atoms with Crippen molar-refractivity contribution < 1.29 is 4.79 Å². The molecule has 6 heteroatoms. The smallest absolute Gasteiger partial charge is 0.221 e. The Bertz CT molecular complexity index is 871. The van der Waals surface area contributed by atoms with Gasteiger partial charge in [-0.1, -0.05) is 18.2 Å². The number of nitrogens with one attached hydrogen (secondary N) is 2. The summed E-state index contributed by atoms with van der Waals surface area (Å²) in [5.74, 6) is -0.0881. The highest BCUT2D eigenvalue weighted by atomic mass is 32.1. The van der Waals surface area contributed by atoms with Crippen LogP contribution in [0.5, 0.6) is 0 Å². The van der Waals surface area contributed by atoms with E-state index in [9.17, 15) is 4.79 Å². The third-order valence-corrected chi connectivity index (χ3v) is 4.38. The second-order valence-corrected chi connectivity index (χ2v) is 6.72. The molecule has 2 aromatic carbocycles. The molecule has 0 saturated heterocycles. The van der Waals surface area contributed by atoms with Crippen LogP contribution in [0.1, 0.15) is 6.92 Å². The van der Waals surface area contributed by atoms with Crippen molar-refractivity contribution in [3.8, 4) is 11.3 Å². The molecule has 0 radical (unpaired) electrons. The van der Waals surface area contributed by atoms with E-state index in [1.165, 1.54) is 6.92 Å². The molecule has 0 aliphatic rings. The molecule has 3 rings (SSSR count). The average molecular weight is 352 g/mol. The molecule has 0 unspecified atom stereocenters. The Morgan fingerprint density at radius 2 is 1.80 bits per heavy atom. The van der Waals surface area contributed by atoms with Gasteiger partial charge in [0.15, 0.2) is 5.13 Å². The van der Waals surface area contributed by atoms with Crippen LogP contribution in [0.15, 0.2) is 53.9 Å². The van der Waals surface area contributed by atoms with Crippen LogP contribution in [-0.2, 0) is 4.79 Å². The number of anilines is 4. The molecule has 0 atom stereocenters. The summed E-state index contributed by atoms with van der Waals surface area (Å²) < 4.78 is 0. The van der Waals surface area contributed by atoms with Gasteiger partial charge in [-0.15, -0.1) is 11.3 Å². The summed E-state index contributed by atoms with van der Waals surface area (Å²) in [6, 6.07) is 15.9. The van der Waals surface area contributed by atoms with Crippen molar-refractivity contribution in [2.24, 2.45) is 0 Å². The molecule has 0 bridgehead atoms. The summed E-state index contributed by atoms with van der Waals surface area (Å²) in [6.07, 6.45) is 0. The van der Waals surface area contributed by atoms with Crippen LogP contribution in [0.25, 0.3) is 11.3 Å². The van der Waals surface area contributed by atoms with Crippen LogP contribution in [0.3, 0.4) is 0 Å². The van der Waals surface area contributed by atoms with Gasteiger partial charge < -0.3 is 15.5 Å². The van der Waals surface area contributed by atoms with Gasteiger partial charge in [0.2, 0.25) is 5.91 Å². The van der Waals surface area contributed by atoms with Crippen LogP contribution >= 0.6 is 11.3 Å². The lowest BCUT2D eigenvalue weighted by atomic mass is 10.1. The lowest BCUT2D eigenvalue weighted by molar-refractivity contribution is -0.114. The fourth-order valence-electron chi connectivity index (χ4n) is 2.40. The van der Waals surface area contributed by atoms with Crippen molar-refractivity contribution in [2.45, 2.75) is 6.92 Å². The Labute approximate surface area is 151 Å². The minimum absolute atomic E-state index is 0.0881. The van der Waals surface area contributed by atoms with Crippen molar-refractivity contribution in [2.75, 3.05) is 29.6 Å². The predicted octanol–water partition coefficient (Wildman–Crippen LogP) is 4.58. The van der Waals surface area contributed by atoms with Crippen LogP contribution in [0.2, 0.25) is 0 Å². The maximum Gasteiger partial charge on any atom is 0.221 e. The summed E-state index contributed by atoms with van der Waals surface area (Å²) in [4.78, 5) is 17.9. The van der Waals surface area contributed by atoms with E-state index in [0.717, 1.165) is 33.5 Å². The number of aromatic nitrogens is 1. The summed E-state index contributed by atoms with van der Waals surface area (Å²) in [5, 5.41) is 8.91. The second kappa shape index (κ2) is 7.36. The van der Waals surface area contributed by atoms with E-state index < -0.39 is 0 Å².